The molecule has 1 amide bonds. The molecule has 0 bridgehead atoms. The molecule has 0 spiro atoms. The quantitative estimate of drug-likeness (QED) is 0.766. The summed E-state index contributed by atoms with van der Waals surface area (Å²) >= 11 is 0. The van der Waals surface area contributed by atoms with Gasteiger partial charge in [0, 0.05) is 32.6 Å². The minimum absolute atomic E-state index is 0.0341. The minimum atomic E-state index is -3.22. The van der Waals surface area contributed by atoms with Gasteiger partial charge < -0.3 is 4.90 Å². The van der Waals surface area contributed by atoms with Crippen molar-refractivity contribution >= 4 is 15.9 Å². The van der Waals surface area contributed by atoms with Crippen LogP contribution in [0.4, 0.5) is 0 Å². The van der Waals surface area contributed by atoms with Crippen LogP contribution in [0.15, 0.2) is 30.3 Å². The molecule has 2 rings (SSSR count). The van der Waals surface area contributed by atoms with Crippen LogP contribution in [0, 0.1) is 0 Å². The Morgan fingerprint density at radius 2 is 1.86 bits per heavy atom. The summed E-state index contributed by atoms with van der Waals surface area (Å²) in [7, 11) is -1.47. The first-order valence-electron chi connectivity index (χ1n) is 7.12. The highest BCUT2D eigenvalue weighted by Crippen LogP contribution is 2.28. The van der Waals surface area contributed by atoms with E-state index in [0.717, 1.165) is 18.4 Å². The highest BCUT2D eigenvalue weighted by atomic mass is 32.2. The molecular formula is C15H22N2O3S. The summed E-state index contributed by atoms with van der Waals surface area (Å²) < 4.78 is 24.8. The topological polar surface area (TPSA) is 57.7 Å². The van der Waals surface area contributed by atoms with E-state index in [9.17, 15) is 13.2 Å². The second-order valence-corrected chi connectivity index (χ2v) is 7.53. The molecule has 116 valence electrons. The molecule has 21 heavy (non-hydrogen) atoms. The SMILES string of the molecule is CN(Cc1ccccc1)C(=O)CCN(C1CC1)S(C)(=O)=O. The molecule has 0 aromatic heterocycles. The molecule has 1 aromatic carbocycles. The molecule has 1 aromatic rings. The molecule has 1 aliphatic rings. The molecule has 1 saturated carbocycles. The van der Waals surface area contributed by atoms with Crippen LogP contribution in [0.2, 0.25) is 0 Å². The van der Waals surface area contributed by atoms with E-state index in [0.29, 0.717) is 6.54 Å². The third kappa shape index (κ3) is 4.82. The van der Waals surface area contributed by atoms with Gasteiger partial charge >= 0.3 is 0 Å². The second kappa shape index (κ2) is 6.58. The molecule has 6 heteroatoms. The predicted octanol–water partition coefficient (Wildman–Crippen LogP) is 1.46. The molecule has 1 aliphatic carbocycles. The van der Waals surface area contributed by atoms with Gasteiger partial charge in [0.25, 0.3) is 0 Å². The van der Waals surface area contributed by atoms with Gasteiger partial charge in [0.05, 0.1) is 6.26 Å². The normalized spacial score (nSPS) is 15.2. The maximum absolute atomic E-state index is 12.1. The highest BCUT2D eigenvalue weighted by Gasteiger charge is 2.35. The Bertz CT molecular complexity index is 582. The lowest BCUT2D eigenvalue weighted by Crippen LogP contribution is -2.36. The Labute approximate surface area is 126 Å². The molecule has 5 nitrogen and oxygen atoms in total. The summed E-state index contributed by atoms with van der Waals surface area (Å²) in [5, 5.41) is 0. The maximum Gasteiger partial charge on any atom is 0.223 e. The Morgan fingerprint density at radius 1 is 1.24 bits per heavy atom. The first-order chi connectivity index (χ1) is 9.88. The Morgan fingerprint density at radius 3 is 2.38 bits per heavy atom. The number of benzene rings is 1. The van der Waals surface area contributed by atoms with Crippen LogP contribution in [0.5, 0.6) is 0 Å². The molecule has 0 N–H and O–H groups in total. The first kappa shape index (κ1) is 16.0. The van der Waals surface area contributed by atoms with Crippen molar-refractivity contribution in [2.24, 2.45) is 0 Å². The molecule has 0 unspecified atom stereocenters. The van der Waals surface area contributed by atoms with Crippen molar-refractivity contribution in [1.29, 1.82) is 0 Å². The summed E-state index contributed by atoms with van der Waals surface area (Å²) in [6, 6.07) is 9.85. The van der Waals surface area contributed by atoms with Crippen LogP contribution in [0.1, 0.15) is 24.8 Å². The zero-order valence-electron chi connectivity index (χ0n) is 12.5. The Balaban J connectivity index is 1.86. The number of amides is 1. The number of carbonyl (C=O) groups excluding carboxylic acids is 1. The van der Waals surface area contributed by atoms with Crippen LogP contribution in [-0.4, -0.2) is 49.4 Å². The van der Waals surface area contributed by atoms with Crippen molar-refractivity contribution in [2.75, 3.05) is 19.8 Å². The fourth-order valence-electron chi connectivity index (χ4n) is 2.32. The maximum atomic E-state index is 12.1. The lowest BCUT2D eigenvalue weighted by molar-refractivity contribution is -0.130. The Hall–Kier alpha value is -1.40. The average molecular weight is 310 g/mol. The Kier molecular flexibility index (Phi) is 5.00. The van der Waals surface area contributed by atoms with Gasteiger partial charge in [0.1, 0.15) is 0 Å². The number of rotatable bonds is 7. The van der Waals surface area contributed by atoms with Gasteiger partial charge in [-0.15, -0.1) is 0 Å². The van der Waals surface area contributed by atoms with Crippen LogP contribution in [0.3, 0.4) is 0 Å². The number of hydrogen-bond acceptors (Lipinski definition) is 3. The van der Waals surface area contributed by atoms with Crippen molar-refractivity contribution in [3.05, 3.63) is 35.9 Å². The van der Waals surface area contributed by atoms with Crippen LogP contribution in [0.25, 0.3) is 0 Å². The standard InChI is InChI=1S/C15H22N2O3S/c1-16(12-13-6-4-3-5-7-13)15(18)10-11-17(14-8-9-14)21(2,19)20/h3-7,14H,8-12H2,1-2H3. The van der Waals surface area contributed by atoms with E-state index in [1.165, 1.54) is 10.6 Å². The number of sulfonamides is 1. The number of hydrogen-bond donors (Lipinski definition) is 0. The fourth-order valence-corrected chi connectivity index (χ4v) is 3.50. The van der Waals surface area contributed by atoms with E-state index >= 15 is 0 Å². The summed E-state index contributed by atoms with van der Waals surface area (Å²) in [6.45, 7) is 0.823. The highest BCUT2D eigenvalue weighted by molar-refractivity contribution is 7.88. The van der Waals surface area contributed by atoms with E-state index in [4.69, 9.17) is 0 Å². The van der Waals surface area contributed by atoms with E-state index in [1.807, 2.05) is 30.3 Å². The van der Waals surface area contributed by atoms with Gasteiger partial charge in [-0.05, 0) is 18.4 Å². The van der Waals surface area contributed by atoms with E-state index in [2.05, 4.69) is 0 Å². The smallest absolute Gasteiger partial charge is 0.223 e. The zero-order chi connectivity index (χ0) is 15.5. The molecule has 0 heterocycles. The van der Waals surface area contributed by atoms with Gasteiger partial charge in [-0.1, -0.05) is 30.3 Å². The van der Waals surface area contributed by atoms with Crippen molar-refractivity contribution in [3.8, 4) is 0 Å². The van der Waals surface area contributed by atoms with Crippen LogP contribution < -0.4 is 0 Å². The lowest BCUT2D eigenvalue weighted by atomic mass is 10.2. The second-order valence-electron chi connectivity index (χ2n) is 5.59. The first-order valence-corrected chi connectivity index (χ1v) is 8.97. The van der Waals surface area contributed by atoms with Gasteiger partial charge in [0.15, 0.2) is 0 Å². The van der Waals surface area contributed by atoms with Crippen molar-refractivity contribution in [1.82, 2.24) is 9.21 Å². The zero-order valence-corrected chi connectivity index (χ0v) is 13.3. The molecule has 1 fully saturated rings. The monoisotopic (exact) mass is 310 g/mol. The van der Waals surface area contributed by atoms with Crippen molar-refractivity contribution < 1.29 is 13.2 Å². The van der Waals surface area contributed by atoms with Crippen molar-refractivity contribution in [2.45, 2.75) is 31.8 Å². The summed E-state index contributed by atoms with van der Waals surface area (Å²) in [6.07, 6.45) is 3.25. The lowest BCUT2D eigenvalue weighted by Gasteiger charge is -2.22. The van der Waals surface area contributed by atoms with Crippen LogP contribution >= 0.6 is 0 Å². The largest absolute Gasteiger partial charge is 0.341 e. The fraction of sp³-hybridized carbons (Fsp3) is 0.533. The van der Waals surface area contributed by atoms with Gasteiger partial charge in [-0.25, -0.2) is 8.42 Å². The molecular weight excluding hydrogens is 288 g/mol. The molecule has 0 radical (unpaired) electrons. The third-order valence-corrected chi connectivity index (χ3v) is 4.95. The third-order valence-electron chi connectivity index (χ3n) is 3.61. The summed E-state index contributed by atoms with van der Waals surface area (Å²) in [4.78, 5) is 13.8. The summed E-state index contributed by atoms with van der Waals surface area (Å²) in [5.41, 5.74) is 1.07. The van der Waals surface area contributed by atoms with Crippen molar-refractivity contribution in [3.63, 3.8) is 0 Å². The molecule has 0 atom stereocenters. The van der Waals surface area contributed by atoms with Gasteiger partial charge in [-0.2, -0.15) is 4.31 Å². The van der Waals surface area contributed by atoms with Gasteiger partial charge in [0.2, 0.25) is 15.9 Å². The number of carbonyl (C=O) groups is 1. The van der Waals surface area contributed by atoms with E-state index < -0.39 is 10.0 Å². The number of nitrogens with zero attached hydrogens (tertiary/aromatic N) is 2. The van der Waals surface area contributed by atoms with E-state index in [1.54, 1.807) is 11.9 Å². The predicted molar refractivity (Wildman–Crippen MR) is 82.1 cm³/mol. The average Bonchev–Trinajstić information content (AvgIpc) is 3.23. The molecule has 0 saturated heterocycles. The molecule has 0 aliphatic heterocycles. The van der Waals surface area contributed by atoms with Crippen LogP contribution in [-0.2, 0) is 21.4 Å². The van der Waals surface area contributed by atoms with Gasteiger partial charge in [-0.3, -0.25) is 4.79 Å². The van der Waals surface area contributed by atoms with E-state index in [-0.39, 0.29) is 24.9 Å². The summed E-state index contributed by atoms with van der Waals surface area (Å²) in [5.74, 6) is -0.0341. The minimum Gasteiger partial charge on any atom is -0.341 e.